The number of carbonyl (C=O) groups excluding carboxylic acids is 1. The van der Waals surface area contributed by atoms with E-state index in [1.165, 1.54) is 0 Å². The second kappa shape index (κ2) is 3.57. The lowest BCUT2D eigenvalue weighted by molar-refractivity contribution is 0.177. The van der Waals surface area contributed by atoms with Crippen LogP contribution in [0.2, 0.25) is 0 Å². The molecule has 1 atom stereocenters. The molecular weight excluding hydrogens is 182 g/mol. The molecule has 1 aliphatic heterocycles. The molecule has 14 heavy (non-hydrogen) atoms. The van der Waals surface area contributed by atoms with Crippen molar-refractivity contribution >= 4 is 6.09 Å². The number of hydrogen-bond donors (Lipinski definition) is 2. The molecule has 1 aromatic carbocycles. The van der Waals surface area contributed by atoms with Crippen molar-refractivity contribution in [1.29, 1.82) is 0 Å². The first-order chi connectivity index (χ1) is 6.74. The lowest BCUT2D eigenvalue weighted by atomic mass is 10.1. The van der Waals surface area contributed by atoms with Crippen LogP contribution in [-0.2, 0) is 11.2 Å². The minimum atomic E-state index is -0.353. The number of rotatable bonds is 2. The van der Waals surface area contributed by atoms with Gasteiger partial charge in [-0.2, -0.15) is 0 Å². The largest absolute Gasteiger partial charge is 0.508 e. The zero-order valence-corrected chi connectivity index (χ0v) is 7.56. The second-order valence-corrected chi connectivity index (χ2v) is 3.31. The highest BCUT2D eigenvalue weighted by atomic mass is 16.6. The summed E-state index contributed by atoms with van der Waals surface area (Å²) >= 11 is 0. The van der Waals surface area contributed by atoms with E-state index in [0.29, 0.717) is 6.61 Å². The highest BCUT2D eigenvalue weighted by Gasteiger charge is 2.21. The zero-order chi connectivity index (χ0) is 9.97. The van der Waals surface area contributed by atoms with Gasteiger partial charge in [0.05, 0.1) is 6.04 Å². The van der Waals surface area contributed by atoms with Crippen molar-refractivity contribution in [3.8, 4) is 5.75 Å². The van der Waals surface area contributed by atoms with Gasteiger partial charge in [-0.25, -0.2) is 4.79 Å². The molecule has 4 nitrogen and oxygen atoms in total. The predicted molar refractivity (Wildman–Crippen MR) is 50.1 cm³/mol. The van der Waals surface area contributed by atoms with Gasteiger partial charge in [-0.1, -0.05) is 12.1 Å². The van der Waals surface area contributed by atoms with Crippen molar-refractivity contribution in [2.75, 3.05) is 6.61 Å². The number of nitrogens with one attached hydrogen (secondary N) is 1. The minimum absolute atomic E-state index is 0.0482. The summed E-state index contributed by atoms with van der Waals surface area (Å²) < 4.78 is 4.76. The van der Waals surface area contributed by atoms with Crippen LogP contribution in [0.1, 0.15) is 5.56 Å². The van der Waals surface area contributed by atoms with Gasteiger partial charge in [-0.3, -0.25) is 0 Å². The second-order valence-electron chi connectivity index (χ2n) is 3.31. The third-order valence-corrected chi connectivity index (χ3v) is 2.16. The van der Waals surface area contributed by atoms with Crippen molar-refractivity contribution in [2.45, 2.75) is 12.5 Å². The molecule has 1 fully saturated rings. The fraction of sp³-hybridized carbons (Fsp3) is 0.300. The number of phenols is 1. The van der Waals surface area contributed by atoms with Crippen LogP contribution in [0, 0.1) is 0 Å². The van der Waals surface area contributed by atoms with E-state index in [-0.39, 0.29) is 17.9 Å². The van der Waals surface area contributed by atoms with E-state index in [4.69, 9.17) is 9.84 Å². The molecule has 2 rings (SSSR count). The Morgan fingerprint density at radius 1 is 1.43 bits per heavy atom. The Bertz CT molecular complexity index is 334. The first-order valence-electron chi connectivity index (χ1n) is 4.45. The van der Waals surface area contributed by atoms with E-state index in [0.717, 1.165) is 12.0 Å². The lowest BCUT2D eigenvalue weighted by Crippen LogP contribution is -2.28. The third kappa shape index (κ3) is 1.96. The standard InChI is InChI=1S/C10H11NO3/c12-9-3-1-7(2-4-9)5-8-6-14-10(13)11-8/h1-4,8,12H,5-6H2,(H,11,13)/t8-/m0/s1. The highest BCUT2D eigenvalue weighted by Crippen LogP contribution is 2.12. The molecule has 74 valence electrons. The van der Waals surface area contributed by atoms with E-state index in [1.54, 1.807) is 12.1 Å². The van der Waals surface area contributed by atoms with Crippen LogP contribution in [0.4, 0.5) is 4.79 Å². The lowest BCUT2D eigenvalue weighted by Gasteiger charge is -2.06. The van der Waals surface area contributed by atoms with Crippen molar-refractivity contribution in [3.05, 3.63) is 29.8 Å². The molecule has 1 aliphatic rings. The average Bonchev–Trinajstić information content (AvgIpc) is 2.56. The number of phenolic OH excluding ortho intramolecular Hbond substituents is 1. The number of aromatic hydroxyl groups is 1. The maximum absolute atomic E-state index is 10.7. The monoisotopic (exact) mass is 193 g/mol. The van der Waals surface area contributed by atoms with Gasteiger partial charge in [0.1, 0.15) is 12.4 Å². The predicted octanol–water partition coefficient (Wildman–Crippen LogP) is 1.04. The van der Waals surface area contributed by atoms with Gasteiger partial charge in [0.2, 0.25) is 0 Å². The van der Waals surface area contributed by atoms with E-state index in [1.807, 2.05) is 12.1 Å². The fourth-order valence-corrected chi connectivity index (χ4v) is 1.45. The first kappa shape index (κ1) is 8.87. The summed E-state index contributed by atoms with van der Waals surface area (Å²) in [5.74, 6) is 0.250. The van der Waals surface area contributed by atoms with Gasteiger partial charge in [0.25, 0.3) is 0 Å². The maximum Gasteiger partial charge on any atom is 0.407 e. The van der Waals surface area contributed by atoms with Crippen molar-refractivity contribution in [1.82, 2.24) is 5.32 Å². The van der Waals surface area contributed by atoms with Gasteiger partial charge in [-0.05, 0) is 24.1 Å². The number of hydrogen-bond acceptors (Lipinski definition) is 3. The average molecular weight is 193 g/mol. The fourth-order valence-electron chi connectivity index (χ4n) is 1.45. The molecule has 0 saturated carbocycles. The minimum Gasteiger partial charge on any atom is -0.508 e. The number of alkyl carbamates (subject to hydrolysis) is 1. The van der Waals surface area contributed by atoms with E-state index in [2.05, 4.69) is 5.32 Å². The molecule has 1 amide bonds. The molecule has 0 aromatic heterocycles. The van der Waals surface area contributed by atoms with E-state index in [9.17, 15) is 4.79 Å². The quantitative estimate of drug-likeness (QED) is 0.737. The van der Waals surface area contributed by atoms with Gasteiger partial charge in [0.15, 0.2) is 0 Å². The molecule has 0 unspecified atom stereocenters. The molecule has 1 heterocycles. The Labute approximate surface area is 81.5 Å². The first-order valence-corrected chi connectivity index (χ1v) is 4.45. The molecule has 0 spiro atoms. The Hall–Kier alpha value is -1.71. The van der Waals surface area contributed by atoms with Crippen LogP contribution in [-0.4, -0.2) is 23.8 Å². The number of carbonyl (C=O) groups is 1. The highest BCUT2D eigenvalue weighted by molar-refractivity contribution is 5.69. The molecule has 1 saturated heterocycles. The normalized spacial score (nSPS) is 20.3. The zero-order valence-electron chi connectivity index (χ0n) is 7.56. The third-order valence-electron chi connectivity index (χ3n) is 2.16. The van der Waals surface area contributed by atoms with Gasteiger partial charge < -0.3 is 15.2 Å². The van der Waals surface area contributed by atoms with Crippen LogP contribution < -0.4 is 5.32 Å². The Balaban J connectivity index is 1.97. The van der Waals surface area contributed by atoms with Gasteiger partial charge >= 0.3 is 6.09 Å². The van der Waals surface area contributed by atoms with Gasteiger partial charge in [-0.15, -0.1) is 0 Å². The van der Waals surface area contributed by atoms with E-state index >= 15 is 0 Å². The molecule has 0 radical (unpaired) electrons. The van der Waals surface area contributed by atoms with Crippen LogP contribution in [0.15, 0.2) is 24.3 Å². The summed E-state index contributed by atoms with van der Waals surface area (Å²) in [6.45, 7) is 0.416. The molecule has 1 aromatic rings. The summed E-state index contributed by atoms with van der Waals surface area (Å²) in [5.41, 5.74) is 1.07. The number of benzene rings is 1. The summed E-state index contributed by atoms with van der Waals surface area (Å²) in [6, 6.07) is 6.98. The Morgan fingerprint density at radius 2 is 2.14 bits per heavy atom. The number of ether oxygens (including phenoxy) is 1. The topological polar surface area (TPSA) is 58.6 Å². The van der Waals surface area contributed by atoms with Crippen molar-refractivity contribution < 1.29 is 14.6 Å². The summed E-state index contributed by atoms with van der Waals surface area (Å²) in [6.07, 6.45) is 0.375. The molecule has 4 heteroatoms. The smallest absolute Gasteiger partial charge is 0.407 e. The summed E-state index contributed by atoms with van der Waals surface area (Å²) in [4.78, 5) is 10.7. The SMILES string of the molecule is O=C1N[C@@H](Cc2ccc(O)cc2)CO1. The van der Waals surface area contributed by atoms with Gasteiger partial charge in [0, 0.05) is 0 Å². The van der Waals surface area contributed by atoms with E-state index < -0.39 is 0 Å². The summed E-state index contributed by atoms with van der Waals surface area (Å²) in [5, 5.41) is 11.8. The van der Waals surface area contributed by atoms with Crippen LogP contribution in [0.3, 0.4) is 0 Å². The van der Waals surface area contributed by atoms with Crippen LogP contribution >= 0.6 is 0 Å². The van der Waals surface area contributed by atoms with Crippen LogP contribution in [0.25, 0.3) is 0 Å². The summed E-state index contributed by atoms with van der Waals surface area (Å²) in [7, 11) is 0. The molecule has 0 bridgehead atoms. The molecule has 2 N–H and O–H groups in total. The molecule has 0 aliphatic carbocycles. The number of amides is 1. The van der Waals surface area contributed by atoms with Crippen LogP contribution in [0.5, 0.6) is 5.75 Å². The maximum atomic E-state index is 10.7. The Morgan fingerprint density at radius 3 is 2.71 bits per heavy atom. The van der Waals surface area contributed by atoms with Crippen molar-refractivity contribution in [3.63, 3.8) is 0 Å². The van der Waals surface area contributed by atoms with Crippen molar-refractivity contribution in [2.24, 2.45) is 0 Å². The molecular formula is C10H11NO3. The Kier molecular flexibility index (Phi) is 2.26. The number of cyclic esters (lactones) is 1.